The number of benzene rings is 1. The molecule has 0 spiro atoms. The smallest absolute Gasteiger partial charge is 0.151 e. The molecule has 2 saturated heterocycles. The van der Waals surface area contributed by atoms with Gasteiger partial charge in [-0.3, -0.25) is 4.90 Å². The minimum absolute atomic E-state index is 0.535. The third kappa shape index (κ3) is 5.00. The maximum absolute atomic E-state index is 6.14. The second-order valence-corrected chi connectivity index (χ2v) is 10.1. The van der Waals surface area contributed by atoms with Gasteiger partial charge in [-0.1, -0.05) is 42.1 Å². The number of anilines is 1. The summed E-state index contributed by atoms with van der Waals surface area (Å²) in [6.07, 6.45) is 9.31. The summed E-state index contributed by atoms with van der Waals surface area (Å²) in [5.41, 5.74) is 1.74. The van der Waals surface area contributed by atoms with Gasteiger partial charge in [-0.15, -0.1) is 10.2 Å². The quantitative estimate of drug-likeness (QED) is 0.679. The number of nitrogens with one attached hydrogen (secondary N) is 1. The van der Waals surface area contributed by atoms with Crippen molar-refractivity contribution < 1.29 is 0 Å². The van der Waals surface area contributed by atoms with Crippen LogP contribution >= 0.6 is 23.2 Å². The van der Waals surface area contributed by atoms with Gasteiger partial charge in [-0.05, 0) is 56.4 Å². The summed E-state index contributed by atoms with van der Waals surface area (Å²) >= 11 is 12.1. The van der Waals surface area contributed by atoms with Crippen LogP contribution in [0, 0.1) is 0 Å². The second kappa shape index (κ2) is 9.62. The van der Waals surface area contributed by atoms with Crippen LogP contribution in [0.2, 0.25) is 10.0 Å². The molecule has 3 fully saturated rings. The van der Waals surface area contributed by atoms with Crippen LogP contribution in [0.5, 0.6) is 0 Å². The highest BCUT2D eigenvalue weighted by molar-refractivity contribution is 6.42. The monoisotopic (exact) mass is 459 g/mol. The first-order valence-electron chi connectivity index (χ1n) is 11.7. The molecule has 0 bridgehead atoms. The molecule has 2 aromatic rings. The predicted molar refractivity (Wildman–Crippen MR) is 128 cm³/mol. The van der Waals surface area contributed by atoms with Gasteiger partial charge in [-0.2, -0.15) is 0 Å². The second-order valence-electron chi connectivity index (χ2n) is 9.25. The van der Waals surface area contributed by atoms with Gasteiger partial charge < -0.3 is 10.2 Å². The number of likely N-dealkylation sites (tertiary alicyclic amines) is 1. The highest BCUT2D eigenvalue weighted by Crippen LogP contribution is 2.29. The van der Waals surface area contributed by atoms with Crippen molar-refractivity contribution >= 4 is 29.0 Å². The lowest BCUT2D eigenvalue weighted by atomic mass is 10.0. The molecule has 5 nitrogen and oxygen atoms in total. The molecule has 0 unspecified atom stereocenters. The zero-order valence-corrected chi connectivity index (χ0v) is 19.5. The molecule has 0 amide bonds. The molecule has 31 heavy (non-hydrogen) atoms. The number of piperidine rings is 1. The van der Waals surface area contributed by atoms with E-state index in [2.05, 4.69) is 31.4 Å². The van der Waals surface area contributed by atoms with Crippen LogP contribution in [-0.2, 0) is 0 Å². The molecule has 3 heterocycles. The molecule has 1 aromatic heterocycles. The lowest BCUT2D eigenvalue weighted by Gasteiger charge is -2.34. The molecular weight excluding hydrogens is 429 g/mol. The van der Waals surface area contributed by atoms with Crippen molar-refractivity contribution in [3.05, 3.63) is 40.4 Å². The van der Waals surface area contributed by atoms with E-state index in [9.17, 15) is 0 Å². The number of nitrogens with zero attached hydrogens (tertiary/aromatic N) is 4. The van der Waals surface area contributed by atoms with Crippen molar-refractivity contribution in [2.45, 2.75) is 63.1 Å². The number of hydrogen-bond donors (Lipinski definition) is 1. The van der Waals surface area contributed by atoms with Crippen molar-refractivity contribution in [2.24, 2.45) is 0 Å². The van der Waals surface area contributed by atoms with Crippen LogP contribution < -0.4 is 10.2 Å². The zero-order chi connectivity index (χ0) is 21.2. The van der Waals surface area contributed by atoms with E-state index >= 15 is 0 Å². The fourth-order valence-electron chi connectivity index (χ4n) is 5.44. The Hall–Kier alpha value is -1.40. The third-order valence-corrected chi connectivity index (χ3v) is 7.96. The van der Waals surface area contributed by atoms with Gasteiger partial charge in [0.05, 0.1) is 15.7 Å². The van der Waals surface area contributed by atoms with Gasteiger partial charge in [-0.25, -0.2) is 0 Å². The van der Waals surface area contributed by atoms with E-state index in [1.165, 1.54) is 45.2 Å². The van der Waals surface area contributed by atoms with Crippen molar-refractivity contribution in [1.29, 1.82) is 0 Å². The van der Waals surface area contributed by atoms with Gasteiger partial charge in [0.1, 0.15) is 0 Å². The summed E-state index contributed by atoms with van der Waals surface area (Å²) < 4.78 is 0. The molecule has 1 aliphatic carbocycles. The first-order valence-corrected chi connectivity index (χ1v) is 12.5. The Labute approximate surface area is 195 Å². The molecule has 1 saturated carbocycles. The number of halogens is 2. The number of rotatable bonds is 5. The summed E-state index contributed by atoms with van der Waals surface area (Å²) in [4.78, 5) is 5.09. The van der Waals surface area contributed by atoms with Crippen LogP contribution in [-0.4, -0.2) is 59.4 Å². The largest absolute Gasteiger partial charge is 0.355 e. The molecule has 5 rings (SSSR count). The SMILES string of the molecule is Clc1ccc(-c2ccc(N3CCC(N[C@@H]4CCN(C5CCCC5)C4)CC3)nn2)cc1Cl. The van der Waals surface area contributed by atoms with Crippen molar-refractivity contribution in [1.82, 2.24) is 20.4 Å². The van der Waals surface area contributed by atoms with E-state index in [0.29, 0.717) is 22.1 Å². The topological polar surface area (TPSA) is 44.3 Å². The van der Waals surface area contributed by atoms with E-state index in [1.54, 1.807) is 6.07 Å². The van der Waals surface area contributed by atoms with Crippen LogP contribution in [0.1, 0.15) is 44.9 Å². The maximum atomic E-state index is 6.14. The molecule has 7 heteroatoms. The molecule has 1 atom stereocenters. The number of aromatic nitrogens is 2. The average Bonchev–Trinajstić information content (AvgIpc) is 3.49. The minimum atomic E-state index is 0.535. The van der Waals surface area contributed by atoms with Gasteiger partial charge in [0.2, 0.25) is 0 Å². The molecule has 3 aliphatic rings. The third-order valence-electron chi connectivity index (χ3n) is 7.22. The predicted octanol–water partition coefficient (Wildman–Crippen LogP) is 5.03. The molecular formula is C24H31Cl2N5. The highest BCUT2D eigenvalue weighted by Gasteiger charge is 2.31. The van der Waals surface area contributed by atoms with Crippen molar-refractivity contribution in [3.63, 3.8) is 0 Å². The Morgan fingerprint density at radius 2 is 1.58 bits per heavy atom. The van der Waals surface area contributed by atoms with Crippen LogP contribution in [0.25, 0.3) is 11.3 Å². The first kappa shape index (κ1) is 21.4. The molecule has 166 valence electrons. The zero-order valence-electron chi connectivity index (χ0n) is 17.9. The van der Waals surface area contributed by atoms with Gasteiger partial charge in [0.25, 0.3) is 0 Å². The fourth-order valence-corrected chi connectivity index (χ4v) is 5.73. The van der Waals surface area contributed by atoms with Gasteiger partial charge >= 0.3 is 0 Å². The minimum Gasteiger partial charge on any atom is -0.355 e. The van der Waals surface area contributed by atoms with Gasteiger partial charge in [0, 0.05) is 49.9 Å². The van der Waals surface area contributed by atoms with Crippen LogP contribution in [0.3, 0.4) is 0 Å². The lowest BCUT2D eigenvalue weighted by molar-refractivity contribution is 0.236. The summed E-state index contributed by atoms with van der Waals surface area (Å²) in [7, 11) is 0. The highest BCUT2D eigenvalue weighted by atomic mass is 35.5. The van der Waals surface area contributed by atoms with Crippen molar-refractivity contribution in [2.75, 3.05) is 31.1 Å². The average molecular weight is 460 g/mol. The van der Waals surface area contributed by atoms with Gasteiger partial charge in [0.15, 0.2) is 5.82 Å². The Kier molecular flexibility index (Phi) is 6.65. The lowest BCUT2D eigenvalue weighted by Crippen LogP contribution is -2.47. The molecule has 1 N–H and O–H groups in total. The first-order chi connectivity index (χ1) is 15.2. The normalized spacial score (nSPS) is 23.7. The van der Waals surface area contributed by atoms with E-state index in [0.717, 1.165) is 49.0 Å². The number of hydrogen-bond acceptors (Lipinski definition) is 5. The summed E-state index contributed by atoms with van der Waals surface area (Å²) in [6.45, 7) is 4.57. The summed E-state index contributed by atoms with van der Waals surface area (Å²) in [6, 6.07) is 11.8. The van der Waals surface area contributed by atoms with E-state index < -0.39 is 0 Å². The van der Waals surface area contributed by atoms with Crippen LogP contribution in [0.15, 0.2) is 30.3 Å². The Morgan fingerprint density at radius 1 is 0.806 bits per heavy atom. The van der Waals surface area contributed by atoms with Crippen molar-refractivity contribution in [3.8, 4) is 11.3 Å². The van der Waals surface area contributed by atoms with E-state index in [4.69, 9.17) is 23.2 Å². The Bertz CT molecular complexity index is 876. The molecule has 1 aromatic carbocycles. The Morgan fingerprint density at radius 3 is 2.29 bits per heavy atom. The van der Waals surface area contributed by atoms with Crippen LogP contribution in [0.4, 0.5) is 5.82 Å². The standard InChI is InChI=1S/C24H31Cl2N5/c25-21-6-5-17(15-22(21)26)23-7-8-24(29-28-23)30-12-9-18(10-13-30)27-19-11-14-31(16-19)20-3-1-2-4-20/h5-8,15,18-20,27H,1-4,9-14,16H2/t19-/m1/s1. The molecule has 2 aliphatic heterocycles. The van der Waals surface area contributed by atoms with E-state index in [-0.39, 0.29) is 0 Å². The summed E-state index contributed by atoms with van der Waals surface area (Å²) in [5.74, 6) is 0.954. The Balaban J connectivity index is 1.11. The summed E-state index contributed by atoms with van der Waals surface area (Å²) in [5, 5.41) is 14.0. The maximum Gasteiger partial charge on any atom is 0.151 e. The fraction of sp³-hybridized carbons (Fsp3) is 0.583. The molecule has 0 radical (unpaired) electrons. The van der Waals surface area contributed by atoms with E-state index in [1.807, 2.05) is 18.2 Å².